The molecule has 0 aromatic heterocycles. The molecule has 0 bridgehead atoms. The van der Waals surface area contributed by atoms with Crippen LogP contribution in [0, 0.1) is 0 Å². The van der Waals surface area contributed by atoms with Crippen molar-refractivity contribution in [2.45, 2.75) is 13.3 Å². The molecule has 2 aromatic rings. The fraction of sp³-hybridized carbons (Fsp3) is 0.158. The van der Waals surface area contributed by atoms with Crippen molar-refractivity contribution >= 4 is 46.0 Å². The zero-order chi connectivity index (χ0) is 20.1. The minimum absolute atomic E-state index is 0.0598. The lowest BCUT2D eigenvalue weighted by Crippen LogP contribution is -2.31. The third kappa shape index (κ3) is 4.49. The van der Waals surface area contributed by atoms with Crippen molar-refractivity contribution in [1.29, 1.82) is 0 Å². The Hall–Kier alpha value is -3.33. The first-order valence-corrected chi connectivity index (χ1v) is 9.49. The number of phenols is 1. The summed E-state index contributed by atoms with van der Waals surface area (Å²) in [5.41, 5.74) is 3.97. The van der Waals surface area contributed by atoms with E-state index in [4.69, 9.17) is 0 Å². The molecule has 2 aromatic carbocycles. The summed E-state index contributed by atoms with van der Waals surface area (Å²) in [6.45, 7) is 1.76. The van der Waals surface area contributed by atoms with Crippen LogP contribution in [0.4, 0.5) is 11.4 Å². The van der Waals surface area contributed by atoms with Crippen LogP contribution in [0.15, 0.2) is 53.6 Å². The quantitative estimate of drug-likeness (QED) is 0.670. The number of amidine groups is 1. The van der Waals surface area contributed by atoms with E-state index < -0.39 is 5.91 Å². The summed E-state index contributed by atoms with van der Waals surface area (Å²) >= 11 is 1.21. The Morgan fingerprint density at radius 1 is 1.14 bits per heavy atom. The molecule has 8 nitrogen and oxygen atoms in total. The lowest BCUT2D eigenvalue weighted by Gasteiger charge is -2.16. The number of phenolic OH excluding ortho intramolecular Hbond substituents is 1. The molecule has 1 aliphatic heterocycles. The molecule has 0 radical (unpaired) electrons. The van der Waals surface area contributed by atoms with Gasteiger partial charge < -0.3 is 10.4 Å². The number of nitrogens with one attached hydrogen (secondary N) is 2. The molecule has 1 heterocycles. The summed E-state index contributed by atoms with van der Waals surface area (Å²) in [5.74, 6) is -0.440. The number of thioether (sulfide) groups is 1. The molecule has 0 unspecified atom stereocenters. The average molecular weight is 398 g/mol. The van der Waals surface area contributed by atoms with E-state index in [1.807, 2.05) is 0 Å². The zero-order valence-corrected chi connectivity index (χ0v) is 15.8. The Labute approximate surface area is 165 Å². The third-order valence-electron chi connectivity index (χ3n) is 3.88. The lowest BCUT2D eigenvalue weighted by molar-refractivity contribution is -0.116. The molecule has 3 rings (SSSR count). The molecule has 3 N–H and O–H groups in total. The Kier molecular flexibility index (Phi) is 5.95. The van der Waals surface area contributed by atoms with E-state index in [1.54, 1.807) is 31.2 Å². The van der Waals surface area contributed by atoms with Gasteiger partial charge in [0.25, 0.3) is 5.91 Å². The number of amides is 3. The van der Waals surface area contributed by atoms with E-state index in [0.717, 1.165) is 0 Å². The summed E-state index contributed by atoms with van der Waals surface area (Å²) in [7, 11) is 0. The van der Waals surface area contributed by atoms with Crippen molar-refractivity contribution < 1.29 is 19.5 Å². The maximum atomic E-state index is 12.3. The van der Waals surface area contributed by atoms with Gasteiger partial charge in [-0.1, -0.05) is 18.7 Å². The number of anilines is 2. The van der Waals surface area contributed by atoms with Gasteiger partial charge in [-0.3, -0.25) is 19.3 Å². The van der Waals surface area contributed by atoms with Gasteiger partial charge in [0.2, 0.25) is 11.8 Å². The second-order valence-corrected chi connectivity index (χ2v) is 6.79. The van der Waals surface area contributed by atoms with E-state index in [2.05, 4.69) is 15.8 Å². The summed E-state index contributed by atoms with van der Waals surface area (Å²) < 4.78 is 0. The summed E-state index contributed by atoms with van der Waals surface area (Å²) in [6, 6.07) is 12.6. The number of hydrogen-bond donors (Lipinski definition) is 3. The first-order valence-electron chi connectivity index (χ1n) is 8.50. The first-order chi connectivity index (χ1) is 13.5. The zero-order valence-electron chi connectivity index (χ0n) is 15.0. The number of hydrogen-bond acceptors (Lipinski definition) is 6. The smallest absolute Gasteiger partial charge is 0.271 e. The average Bonchev–Trinajstić information content (AvgIpc) is 3.07. The van der Waals surface area contributed by atoms with E-state index in [9.17, 15) is 19.5 Å². The highest BCUT2D eigenvalue weighted by Crippen LogP contribution is 2.27. The number of carbonyl (C=O) groups is 3. The van der Waals surface area contributed by atoms with Gasteiger partial charge in [0, 0.05) is 17.7 Å². The van der Waals surface area contributed by atoms with Crippen LogP contribution in [0.25, 0.3) is 0 Å². The van der Waals surface area contributed by atoms with Gasteiger partial charge in [-0.05, 0) is 48.5 Å². The molecule has 9 heteroatoms. The van der Waals surface area contributed by atoms with Crippen molar-refractivity contribution in [1.82, 2.24) is 5.43 Å². The number of nitrogens with zero attached hydrogens (tertiary/aromatic N) is 2. The molecule has 0 saturated carbocycles. The number of carbonyl (C=O) groups excluding carboxylic acids is 3. The summed E-state index contributed by atoms with van der Waals surface area (Å²) in [4.78, 5) is 37.3. The number of aromatic hydroxyl groups is 1. The third-order valence-corrected chi connectivity index (χ3v) is 4.80. The predicted octanol–water partition coefficient (Wildman–Crippen LogP) is 2.52. The lowest BCUT2D eigenvalue weighted by atomic mass is 10.2. The largest absolute Gasteiger partial charge is 0.508 e. The first kappa shape index (κ1) is 19.4. The normalized spacial score (nSPS) is 15.0. The Bertz CT molecular complexity index is 926. The highest BCUT2D eigenvalue weighted by Gasteiger charge is 2.30. The van der Waals surface area contributed by atoms with Gasteiger partial charge in [0.05, 0.1) is 11.4 Å². The Balaban J connectivity index is 1.73. The van der Waals surface area contributed by atoms with E-state index >= 15 is 0 Å². The van der Waals surface area contributed by atoms with Crippen LogP contribution in [0.5, 0.6) is 5.75 Å². The molecule has 0 aliphatic carbocycles. The second-order valence-electron chi connectivity index (χ2n) is 5.85. The van der Waals surface area contributed by atoms with Gasteiger partial charge >= 0.3 is 0 Å². The summed E-state index contributed by atoms with van der Waals surface area (Å²) in [5, 5.41) is 16.4. The topological polar surface area (TPSA) is 111 Å². The molecular formula is C19H18N4O4S. The highest BCUT2D eigenvalue weighted by molar-refractivity contribution is 8.15. The molecule has 1 aliphatic rings. The maximum absolute atomic E-state index is 12.3. The standard InChI is InChI=1S/C19H18N4O4S/c1-2-16(25)20-13-5-7-14(8-6-13)23-17(26)11-28-19(23)22-21-18(27)12-3-9-15(24)10-4-12/h3-10,24H,2,11H2,1H3,(H,20,25)(H,21,27)/b22-19-. The minimum Gasteiger partial charge on any atom is -0.508 e. The number of rotatable bonds is 5. The monoisotopic (exact) mass is 398 g/mol. The molecule has 0 atom stereocenters. The van der Waals surface area contributed by atoms with E-state index in [-0.39, 0.29) is 23.3 Å². The SMILES string of the molecule is CCC(=O)Nc1ccc(N2C(=O)CS/C2=N\NC(=O)c2ccc(O)cc2)cc1. The molecule has 144 valence electrons. The maximum Gasteiger partial charge on any atom is 0.271 e. The second kappa shape index (κ2) is 8.57. The van der Waals surface area contributed by atoms with Crippen LogP contribution in [-0.4, -0.2) is 33.7 Å². The van der Waals surface area contributed by atoms with E-state index in [1.165, 1.54) is 40.9 Å². The van der Waals surface area contributed by atoms with Crippen molar-refractivity contribution in [3.63, 3.8) is 0 Å². The Morgan fingerprint density at radius 3 is 2.46 bits per heavy atom. The van der Waals surface area contributed by atoms with Crippen LogP contribution in [0.3, 0.4) is 0 Å². The van der Waals surface area contributed by atoms with Gasteiger partial charge in [-0.2, -0.15) is 0 Å². The molecular weight excluding hydrogens is 380 g/mol. The predicted molar refractivity (Wildman–Crippen MR) is 108 cm³/mol. The minimum atomic E-state index is -0.454. The fourth-order valence-electron chi connectivity index (χ4n) is 2.42. The van der Waals surface area contributed by atoms with Gasteiger partial charge in [0.15, 0.2) is 5.17 Å². The highest BCUT2D eigenvalue weighted by atomic mass is 32.2. The molecule has 0 spiro atoms. The van der Waals surface area contributed by atoms with Crippen LogP contribution in [0.2, 0.25) is 0 Å². The van der Waals surface area contributed by atoms with Gasteiger partial charge in [0.1, 0.15) is 5.75 Å². The number of benzene rings is 2. The Morgan fingerprint density at radius 2 is 1.82 bits per heavy atom. The molecule has 3 amide bonds. The van der Waals surface area contributed by atoms with E-state index in [0.29, 0.717) is 28.5 Å². The van der Waals surface area contributed by atoms with Crippen molar-refractivity contribution in [2.75, 3.05) is 16.0 Å². The molecule has 1 saturated heterocycles. The van der Waals surface area contributed by atoms with Crippen molar-refractivity contribution in [2.24, 2.45) is 5.10 Å². The van der Waals surface area contributed by atoms with Crippen LogP contribution in [0.1, 0.15) is 23.7 Å². The van der Waals surface area contributed by atoms with Gasteiger partial charge in [-0.15, -0.1) is 5.10 Å². The number of hydrazone groups is 1. The van der Waals surface area contributed by atoms with Crippen molar-refractivity contribution in [3.8, 4) is 5.75 Å². The van der Waals surface area contributed by atoms with Crippen LogP contribution >= 0.6 is 11.8 Å². The van der Waals surface area contributed by atoms with Crippen LogP contribution in [-0.2, 0) is 9.59 Å². The van der Waals surface area contributed by atoms with Crippen molar-refractivity contribution in [3.05, 3.63) is 54.1 Å². The molecule has 28 heavy (non-hydrogen) atoms. The fourth-order valence-corrected chi connectivity index (χ4v) is 3.25. The van der Waals surface area contributed by atoms with Gasteiger partial charge in [-0.25, -0.2) is 5.43 Å². The summed E-state index contributed by atoms with van der Waals surface area (Å²) in [6.07, 6.45) is 0.376. The molecule has 1 fully saturated rings. The van der Waals surface area contributed by atoms with Crippen LogP contribution < -0.4 is 15.6 Å².